The van der Waals surface area contributed by atoms with E-state index in [-0.39, 0.29) is 0 Å². The summed E-state index contributed by atoms with van der Waals surface area (Å²) in [5, 5.41) is 0.857. The molecule has 0 aliphatic heterocycles. The topological polar surface area (TPSA) is 26.0 Å². The van der Waals surface area contributed by atoms with Gasteiger partial charge in [0.15, 0.2) is 0 Å². The van der Waals surface area contributed by atoms with E-state index >= 15 is 0 Å². The zero-order valence-corrected chi connectivity index (χ0v) is 10.2. The number of hydrogen-bond acceptors (Lipinski definition) is 1. The summed E-state index contributed by atoms with van der Waals surface area (Å²) in [4.78, 5) is 0. The van der Waals surface area contributed by atoms with Crippen molar-refractivity contribution in [3.05, 3.63) is 34.9 Å². The Morgan fingerprint density at radius 1 is 1.25 bits per heavy atom. The Labute approximate surface area is 102 Å². The average Bonchev–Trinajstić information content (AvgIpc) is 2.88. The molecule has 3 rings (SSSR count). The van der Waals surface area contributed by atoms with Crippen molar-refractivity contribution < 1.29 is 0 Å². The normalized spacial score (nSPS) is 36.9. The van der Waals surface area contributed by atoms with E-state index in [9.17, 15) is 0 Å². The fourth-order valence-electron chi connectivity index (χ4n) is 3.98. The molecule has 2 bridgehead atoms. The van der Waals surface area contributed by atoms with E-state index in [4.69, 9.17) is 17.3 Å². The molecule has 2 saturated carbocycles. The standard InChI is InChI=1S/C14H18ClN/c15-12-3-1-2-10(7-12)14-11-5-4-9(6-11)13(14)8-16/h1-3,7,9,11,13-14H,4-6,8,16H2/t9-,11+,13-,14-/m1/s1. The summed E-state index contributed by atoms with van der Waals surface area (Å²) in [5.41, 5.74) is 7.37. The molecule has 2 heteroatoms. The second-order valence-electron chi connectivity index (χ2n) is 5.31. The van der Waals surface area contributed by atoms with Crippen molar-refractivity contribution in [1.82, 2.24) is 0 Å². The van der Waals surface area contributed by atoms with E-state index in [1.807, 2.05) is 6.07 Å². The molecule has 4 atom stereocenters. The first kappa shape index (κ1) is 10.6. The molecule has 1 aromatic rings. The van der Waals surface area contributed by atoms with Gasteiger partial charge in [-0.25, -0.2) is 0 Å². The van der Waals surface area contributed by atoms with Crippen LogP contribution in [-0.4, -0.2) is 6.54 Å². The first-order valence-electron chi connectivity index (χ1n) is 6.25. The van der Waals surface area contributed by atoms with Gasteiger partial charge >= 0.3 is 0 Å². The van der Waals surface area contributed by atoms with Crippen LogP contribution >= 0.6 is 11.6 Å². The lowest BCUT2D eigenvalue weighted by Crippen LogP contribution is -2.27. The Morgan fingerprint density at radius 2 is 2.06 bits per heavy atom. The van der Waals surface area contributed by atoms with E-state index in [2.05, 4.69) is 18.2 Å². The van der Waals surface area contributed by atoms with Crippen LogP contribution in [0.4, 0.5) is 0 Å². The van der Waals surface area contributed by atoms with Crippen LogP contribution in [0.1, 0.15) is 30.7 Å². The van der Waals surface area contributed by atoms with Crippen molar-refractivity contribution in [1.29, 1.82) is 0 Å². The van der Waals surface area contributed by atoms with Crippen LogP contribution in [0.3, 0.4) is 0 Å². The van der Waals surface area contributed by atoms with E-state index in [1.54, 1.807) is 0 Å². The molecule has 1 aromatic carbocycles. The monoisotopic (exact) mass is 235 g/mol. The molecule has 0 saturated heterocycles. The lowest BCUT2D eigenvalue weighted by Gasteiger charge is -2.30. The largest absolute Gasteiger partial charge is 0.330 e. The van der Waals surface area contributed by atoms with Crippen molar-refractivity contribution >= 4 is 11.6 Å². The second-order valence-corrected chi connectivity index (χ2v) is 5.75. The van der Waals surface area contributed by atoms with Crippen LogP contribution in [0.5, 0.6) is 0 Å². The highest BCUT2D eigenvalue weighted by Crippen LogP contribution is 2.56. The molecule has 2 N–H and O–H groups in total. The molecule has 0 aromatic heterocycles. The fourth-order valence-corrected chi connectivity index (χ4v) is 4.18. The summed E-state index contributed by atoms with van der Waals surface area (Å²) in [6, 6.07) is 8.38. The van der Waals surface area contributed by atoms with Gasteiger partial charge in [0.2, 0.25) is 0 Å². The summed E-state index contributed by atoms with van der Waals surface area (Å²) in [6.45, 7) is 0.832. The van der Waals surface area contributed by atoms with Gasteiger partial charge in [0.1, 0.15) is 0 Å². The fraction of sp³-hybridized carbons (Fsp3) is 0.571. The molecule has 2 aliphatic rings. The Morgan fingerprint density at radius 3 is 2.81 bits per heavy atom. The van der Waals surface area contributed by atoms with Crippen molar-refractivity contribution in [3.8, 4) is 0 Å². The molecule has 2 aliphatic carbocycles. The average molecular weight is 236 g/mol. The highest BCUT2D eigenvalue weighted by atomic mass is 35.5. The maximum atomic E-state index is 6.09. The highest BCUT2D eigenvalue weighted by Gasteiger charge is 2.47. The smallest absolute Gasteiger partial charge is 0.0408 e. The van der Waals surface area contributed by atoms with Gasteiger partial charge in [-0.15, -0.1) is 0 Å². The third-order valence-corrected chi connectivity index (χ3v) is 4.83. The van der Waals surface area contributed by atoms with Crippen LogP contribution in [0.15, 0.2) is 24.3 Å². The third kappa shape index (κ3) is 1.57. The minimum Gasteiger partial charge on any atom is -0.330 e. The minimum absolute atomic E-state index is 0.669. The molecule has 0 radical (unpaired) electrons. The van der Waals surface area contributed by atoms with Gasteiger partial charge in [-0.3, -0.25) is 0 Å². The van der Waals surface area contributed by atoms with E-state index in [1.165, 1.54) is 24.8 Å². The van der Waals surface area contributed by atoms with Gasteiger partial charge in [0.05, 0.1) is 0 Å². The number of nitrogens with two attached hydrogens (primary N) is 1. The zero-order valence-electron chi connectivity index (χ0n) is 9.40. The highest BCUT2D eigenvalue weighted by molar-refractivity contribution is 6.30. The molecule has 2 fully saturated rings. The Kier molecular flexibility index (Phi) is 2.68. The van der Waals surface area contributed by atoms with Gasteiger partial charge in [-0.2, -0.15) is 0 Å². The van der Waals surface area contributed by atoms with Crippen LogP contribution in [0, 0.1) is 17.8 Å². The Hall–Kier alpha value is -0.530. The molecule has 0 spiro atoms. The summed E-state index contributed by atoms with van der Waals surface area (Å²) in [6.07, 6.45) is 4.17. The molecule has 1 nitrogen and oxygen atoms in total. The SMILES string of the molecule is NC[C@@H]1[C@@H]2CC[C@@H](C2)[C@H]1c1cccc(Cl)c1. The van der Waals surface area contributed by atoms with Gasteiger partial charge in [-0.1, -0.05) is 23.7 Å². The van der Waals surface area contributed by atoms with Crippen molar-refractivity contribution in [2.75, 3.05) is 6.54 Å². The van der Waals surface area contributed by atoms with Crippen molar-refractivity contribution in [2.45, 2.75) is 25.2 Å². The lowest BCUT2D eigenvalue weighted by atomic mass is 9.75. The van der Waals surface area contributed by atoms with E-state index in [0.29, 0.717) is 11.8 Å². The van der Waals surface area contributed by atoms with Gasteiger partial charge in [0.25, 0.3) is 0 Å². The van der Waals surface area contributed by atoms with E-state index in [0.717, 1.165) is 23.4 Å². The number of halogens is 1. The van der Waals surface area contributed by atoms with Crippen LogP contribution in [0.25, 0.3) is 0 Å². The van der Waals surface area contributed by atoms with Gasteiger partial charge in [-0.05, 0) is 67.2 Å². The predicted molar refractivity (Wildman–Crippen MR) is 67.6 cm³/mol. The lowest BCUT2D eigenvalue weighted by molar-refractivity contribution is 0.295. The molecular weight excluding hydrogens is 218 g/mol. The predicted octanol–water partition coefficient (Wildman–Crippen LogP) is 3.43. The molecule has 16 heavy (non-hydrogen) atoms. The number of hydrogen-bond donors (Lipinski definition) is 1. The molecule has 0 unspecified atom stereocenters. The third-order valence-electron chi connectivity index (χ3n) is 4.59. The summed E-state index contributed by atoms with van der Waals surface area (Å²) in [7, 11) is 0. The molecular formula is C14H18ClN. The van der Waals surface area contributed by atoms with Gasteiger partial charge < -0.3 is 5.73 Å². The Balaban J connectivity index is 1.94. The maximum Gasteiger partial charge on any atom is 0.0408 e. The molecule has 86 valence electrons. The zero-order chi connectivity index (χ0) is 11.1. The second kappa shape index (κ2) is 4.05. The Bertz CT molecular complexity index is 390. The van der Waals surface area contributed by atoms with Crippen molar-refractivity contribution in [2.24, 2.45) is 23.5 Å². The summed E-state index contributed by atoms with van der Waals surface area (Å²) in [5.74, 6) is 3.09. The molecule has 0 amide bonds. The van der Waals surface area contributed by atoms with Crippen LogP contribution in [0.2, 0.25) is 5.02 Å². The number of benzene rings is 1. The first-order chi connectivity index (χ1) is 7.79. The number of fused-ring (bicyclic) bond motifs is 2. The van der Waals surface area contributed by atoms with E-state index < -0.39 is 0 Å². The van der Waals surface area contributed by atoms with Crippen LogP contribution < -0.4 is 5.73 Å². The maximum absolute atomic E-state index is 6.09. The van der Waals surface area contributed by atoms with Gasteiger partial charge in [0, 0.05) is 5.02 Å². The quantitative estimate of drug-likeness (QED) is 0.835. The first-order valence-corrected chi connectivity index (χ1v) is 6.63. The summed E-state index contributed by atoms with van der Waals surface area (Å²) < 4.78 is 0. The van der Waals surface area contributed by atoms with Crippen LogP contribution in [-0.2, 0) is 0 Å². The summed E-state index contributed by atoms with van der Waals surface area (Å²) >= 11 is 6.09. The number of rotatable bonds is 2. The minimum atomic E-state index is 0.669. The van der Waals surface area contributed by atoms with Crippen molar-refractivity contribution in [3.63, 3.8) is 0 Å². The molecule has 0 heterocycles.